The van der Waals surface area contributed by atoms with E-state index in [1.807, 2.05) is 55.5 Å². The summed E-state index contributed by atoms with van der Waals surface area (Å²) in [5, 5.41) is 12.0. The van der Waals surface area contributed by atoms with Crippen LogP contribution in [-0.2, 0) is 24.1 Å². The predicted molar refractivity (Wildman–Crippen MR) is 149 cm³/mol. The second-order valence-corrected chi connectivity index (χ2v) is 10.8. The molecule has 4 rings (SSSR count). The van der Waals surface area contributed by atoms with Crippen molar-refractivity contribution in [1.29, 1.82) is 0 Å². The van der Waals surface area contributed by atoms with Gasteiger partial charge >= 0.3 is 5.97 Å². The number of carboxylic acids is 1. The molecule has 2 N–H and O–H groups in total. The molecular formula is C28H26Cl2N2O5S. The maximum atomic E-state index is 12.5. The Morgan fingerprint density at radius 2 is 1.84 bits per heavy atom. The number of amides is 1. The number of hydrogen-bond donors (Lipinski definition) is 2. The summed E-state index contributed by atoms with van der Waals surface area (Å²) in [6.07, 6.45) is 1.46. The van der Waals surface area contributed by atoms with Crippen molar-refractivity contribution in [1.82, 2.24) is 10.3 Å². The number of rotatable bonds is 12. The Kier molecular flexibility index (Phi) is 9.44. The van der Waals surface area contributed by atoms with Crippen molar-refractivity contribution in [3.05, 3.63) is 91.4 Å². The summed E-state index contributed by atoms with van der Waals surface area (Å²) in [6, 6.07) is 16.9. The summed E-state index contributed by atoms with van der Waals surface area (Å²) in [6.45, 7) is 2.62. The van der Waals surface area contributed by atoms with Crippen molar-refractivity contribution < 1.29 is 23.8 Å². The van der Waals surface area contributed by atoms with Crippen LogP contribution in [0, 0.1) is 6.92 Å². The van der Waals surface area contributed by atoms with Gasteiger partial charge in [-0.1, -0.05) is 47.5 Å². The zero-order chi connectivity index (χ0) is 27.1. The predicted octanol–water partition coefficient (Wildman–Crippen LogP) is 6.63. The maximum absolute atomic E-state index is 12.5. The first-order valence-corrected chi connectivity index (χ1v) is 13.6. The van der Waals surface area contributed by atoms with Crippen LogP contribution in [0.5, 0.6) is 5.75 Å². The lowest BCUT2D eigenvalue weighted by Gasteiger charge is -2.13. The van der Waals surface area contributed by atoms with Gasteiger partial charge in [0.1, 0.15) is 15.8 Å². The number of aliphatic carboxylic acids is 1. The zero-order valence-electron chi connectivity index (χ0n) is 20.6. The molecule has 38 heavy (non-hydrogen) atoms. The lowest BCUT2D eigenvalue weighted by Crippen LogP contribution is -2.25. The number of carboxylic acid groups (broad SMARTS) is 1. The number of nitrogens with one attached hydrogen (secondary N) is 1. The first kappa shape index (κ1) is 27.7. The fourth-order valence-electron chi connectivity index (χ4n) is 3.94. The van der Waals surface area contributed by atoms with E-state index in [-0.39, 0.29) is 12.3 Å². The van der Waals surface area contributed by atoms with E-state index in [0.717, 1.165) is 39.5 Å². The summed E-state index contributed by atoms with van der Waals surface area (Å²) in [5.74, 6) is 0.806. The van der Waals surface area contributed by atoms with Crippen LogP contribution < -0.4 is 10.1 Å². The molecule has 0 aliphatic carbocycles. The average molecular weight is 573 g/mol. The van der Waals surface area contributed by atoms with Crippen LogP contribution in [-0.4, -0.2) is 35.1 Å². The van der Waals surface area contributed by atoms with Gasteiger partial charge < -0.3 is 19.6 Å². The molecule has 2 aromatic carbocycles. The van der Waals surface area contributed by atoms with Crippen LogP contribution in [0.3, 0.4) is 0 Å². The third-order valence-corrected chi connectivity index (χ3v) is 7.38. The number of nitrogens with zero attached hydrogens (tertiary/aromatic N) is 1. The van der Waals surface area contributed by atoms with Crippen LogP contribution in [0.2, 0.25) is 8.67 Å². The van der Waals surface area contributed by atoms with Gasteiger partial charge in [0.25, 0.3) is 5.91 Å². The molecule has 198 valence electrons. The second kappa shape index (κ2) is 13.0. The summed E-state index contributed by atoms with van der Waals surface area (Å²) in [7, 11) is 0. The average Bonchev–Trinajstić information content (AvgIpc) is 3.44. The van der Waals surface area contributed by atoms with E-state index in [1.165, 1.54) is 6.07 Å². The highest BCUT2D eigenvalue weighted by molar-refractivity contribution is 7.20. The molecule has 7 nitrogen and oxygen atoms in total. The number of hydrogen-bond acceptors (Lipinski definition) is 6. The molecule has 0 bridgehead atoms. The summed E-state index contributed by atoms with van der Waals surface area (Å²) in [5.41, 5.74) is 3.88. The number of carbonyl (C=O) groups is 2. The zero-order valence-corrected chi connectivity index (χ0v) is 23.0. The number of carbonyl (C=O) groups excluding carboxylic acids is 1. The molecule has 0 radical (unpaired) electrons. The van der Waals surface area contributed by atoms with Crippen molar-refractivity contribution in [2.75, 3.05) is 13.2 Å². The molecule has 0 atom stereocenters. The van der Waals surface area contributed by atoms with Gasteiger partial charge in [-0.3, -0.25) is 9.59 Å². The van der Waals surface area contributed by atoms with Crippen LogP contribution in [0.25, 0.3) is 11.5 Å². The van der Waals surface area contributed by atoms with E-state index in [0.29, 0.717) is 58.3 Å². The topological polar surface area (TPSA) is 102 Å². The van der Waals surface area contributed by atoms with Crippen LogP contribution in [0.15, 0.2) is 59.0 Å². The van der Waals surface area contributed by atoms with E-state index in [1.54, 1.807) is 0 Å². The molecule has 10 heteroatoms. The molecular weight excluding hydrogens is 547 g/mol. The number of aromatic nitrogens is 1. The van der Waals surface area contributed by atoms with Crippen molar-refractivity contribution >= 4 is 46.4 Å². The molecule has 0 saturated heterocycles. The van der Waals surface area contributed by atoms with Gasteiger partial charge in [0.2, 0.25) is 5.89 Å². The van der Waals surface area contributed by atoms with E-state index >= 15 is 0 Å². The number of thiophene rings is 1. The minimum Gasteiger partial charge on any atom is -0.493 e. The summed E-state index contributed by atoms with van der Waals surface area (Å²) >= 11 is 13.2. The molecule has 4 aromatic rings. The number of benzene rings is 2. The standard InChI is InChI=1S/C28H26Cl2N2O5S/c1-17-23(32-28(37-17)19-5-3-2-4-6-19)12-14-36-21-9-7-18(8-10-25(33)34)20(15-21)11-13-31-27(35)22-16-24(29)38-26(22)30/h2-7,9,15-16H,8,10-14H2,1H3,(H,31,35)(H,33,34). The fourth-order valence-corrected chi connectivity index (χ4v) is 5.40. The van der Waals surface area contributed by atoms with Crippen molar-refractivity contribution in [3.8, 4) is 17.2 Å². The Morgan fingerprint density at radius 1 is 1.05 bits per heavy atom. The molecule has 0 saturated carbocycles. The first-order valence-electron chi connectivity index (χ1n) is 12.0. The smallest absolute Gasteiger partial charge is 0.303 e. The largest absolute Gasteiger partial charge is 0.493 e. The molecule has 0 fully saturated rings. The van der Waals surface area contributed by atoms with Gasteiger partial charge in [0.05, 0.1) is 22.2 Å². The maximum Gasteiger partial charge on any atom is 0.303 e. The van der Waals surface area contributed by atoms with E-state index in [9.17, 15) is 9.59 Å². The minimum atomic E-state index is -0.869. The molecule has 2 heterocycles. The fraction of sp³-hybridized carbons (Fsp3) is 0.250. The van der Waals surface area contributed by atoms with Crippen molar-refractivity contribution in [2.45, 2.75) is 32.6 Å². The normalized spacial score (nSPS) is 10.9. The minimum absolute atomic E-state index is 0.0117. The molecule has 1 amide bonds. The van der Waals surface area contributed by atoms with Crippen molar-refractivity contribution in [3.63, 3.8) is 0 Å². The highest BCUT2D eigenvalue weighted by Gasteiger charge is 2.15. The van der Waals surface area contributed by atoms with Gasteiger partial charge in [-0.2, -0.15) is 0 Å². The van der Waals surface area contributed by atoms with Crippen LogP contribution in [0.1, 0.15) is 39.4 Å². The lowest BCUT2D eigenvalue weighted by molar-refractivity contribution is -0.136. The number of aryl methyl sites for hydroxylation is 2. The summed E-state index contributed by atoms with van der Waals surface area (Å²) < 4.78 is 12.6. The van der Waals surface area contributed by atoms with Crippen molar-refractivity contribution in [2.24, 2.45) is 0 Å². The van der Waals surface area contributed by atoms with E-state index in [2.05, 4.69) is 10.3 Å². The molecule has 2 aromatic heterocycles. The molecule has 0 spiro atoms. The van der Waals surface area contributed by atoms with Crippen LogP contribution >= 0.6 is 34.5 Å². The molecule has 0 unspecified atom stereocenters. The Labute approximate surface area is 234 Å². The Morgan fingerprint density at radius 3 is 2.55 bits per heavy atom. The van der Waals surface area contributed by atoms with Crippen LogP contribution in [0.4, 0.5) is 0 Å². The number of halogens is 2. The third kappa shape index (κ3) is 7.37. The van der Waals surface area contributed by atoms with Gasteiger partial charge in [-0.25, -0.2) is 4.98 Å². The second-order valence-electron chi connectivity index (χ2n) is 8.55. The van der Waals surface area contributed by atoms with Gasteiger partial charge in [0.15, 0.2) is 0 Å². The molecule has 0 aliphatic rings. The summed E-state index contributed by atoms with van der Waals surface area (Å²) in [4.78, 5) is 28.2. The molecule has 0 aliphatic heterocycles. The van der Waals surface area contributed by atoms with Gasteiger partial charge in [0, 0.05) is 24.9 Å². The van der Waals surface area contributed by atoms with E-state index in [4.69, 9.17) is 37.5 Å². The highest BCUT2D eigenvalue weighted by atomic mass is 35.5. The number of oxazole rings is 1. The van der Waals surface area contributed by atoms with Gasteiger partial charge in [-0.05, 0) is 61.2 Å². The quantitative estimate of drug-likeness (QED) is 0.197. The monoisotopic (exact) mass is 572 g/mol. The third-order valence-electron chi connectivity index (χ3n) is 5.89. The Hall–Kier alpha value is -3.33. The Bertz CT molecular complexity index is 1420. The Balaban J connectivity index is 1.38. The number of ether oxygens (including phenoxy) is 1. The first-order chi connectivity index (χ1) is 18.3. The lowest BCUT2D eigenvalue weighted by atomic mass is 10.00. The highest BCUT2D eigenvalue weighted by Crippen LogP contribution is 2.31. The van der Waals surface area contributed by atoms with E-state index < -0.39 is 5.97 Å². The SMILES string of the molecule is Cc1oc(-c2ccccc2)nc1CCOc1ccc(CCC(=O)O)c(CCNC(=O)c2cc(Cl)sc2Cl)c1. The van der Waals surface area contributed by atoms with Gasteiger partial charge in [-0.15, -0.1) is 11.3 Å².